The predicted molar refractivity (Wildman–Crippen MR) is 111 cm³/mol. The Morgan fingerprint density at radius 2 is 1.76 bits per heavy atom. The van der Waals surface area contributed by atoms with Crippen molar-refractivity contribution in [3.63, 3.8) is 0 Å². The number of nitrogens with zero attached hydrogens (tertiary/aromatic N) is 1. The van der Waals surface area contributed by atoms with E-state index in [9.17, 15) is 9.59 Å². The van der Waals surface area contributed by atoms with E-state index >= 15 is 0 Å². The molecule has 1 atom stereocenters. The summed E-state index contributed by atoms with van der Waals surface area (Å²) in [6.45, 7) is 2.33. The highest BCUT2D eigenvalue weighted by atomic mass is 16.5. The lowest BCUT2D eigenvalue weighted by atomic mass is 10.1. The quantitative estimate of drug-likeness (QED) is 0.775. The first-order chi connectivity index (χ1) is 14.0. The van der Waals surface area contributed by atoms with Crippen LogP contribution < -0.4 is 24.4 Å². The first kappa shape index (κ1) is 20.5. The van der Waals surface area contributed by atoms with Crippen molar-refractivity contribution in [2.75, 3.05) is 38.1 Å². The number of amides is 2. The molecule has 0 bridgehead atoms. The van der Waals surface area contributed by atoms with E-state index in [2.05, 4.69) is 5.32 Å². The molecular weight excluding hydrogens is 372 g/mol. The van der Waals surface area contributed by atoms with Crippen LogP contribution in [-0.2, 0) is 16.0 Å². The third-order valence-electron chi connectivity index (χ3n) is 5.11. The first-order valence-corrected chi connectivity index (χ1v) is 9.51. The minimum atomic E-state index is -0.438. The smallest absolute Gasteiger partial charge is 0.229 e. The first-order valence-electron chi connectivity index (χ1n) is 9.51. The van der Waals surface area contributed by atoms with Gasteiger partial charge in [-0.3, -0.25) is 9.59 Å². The van der Waals surface area contributed by atoms with E-state index in [1.165, 1.54) is 21.3 Å². The largest absolute Gasteiger partial charge is 0.493 e. The molecule has 3 rings (SSSR count). The number of ether oxygens (including phenoxy) is 3. The third-order valence-corrected chi connectivity index (χ3v) is 5.11. The molecule has 2 amide bonds. The number of hydrogen-bond donors (Lipinski definition) is 1. The normalized spacial score (nSPS) is 15.9. The molecule has 1 aliphatic rings. The summed E-state index contributed by atoms with van der Waals surface area (Å²) in [6.07, 6.45) is 0.967. The van der Waals surface area contributed by atoms with Crippen LogP contribution in [0.5, 0.6) is 17.2 Å². The van der Waals surface area contributed by atoms with E-state index in [1.807, 2.05) is 31.2 Å². The molecule has 1 saturated heterocycles. The third kappa shape index (κ3) is 4.13. The van der Waals surface area contributed by atoms with Crippen molar-refractivity contribution >= 4 is 23.2 Å². The maximum absolute atomic E-state index is 12.8. The van der Waals surface area contributed by atoms with Gasteiger partial charge < -0.3 is 24.4 Å². The molecule has 1 heterocycles. The molecule has 1 aliphatic heterocycles. The number of aryl methyl sites for hydroxylation is 1. The molecule has 29 heavy (non-hydrogen) atoms. The summed E-state index contributed by atoms with van der Waals surface area (Å²) in [4.78, 5) is 27.0. The van der Waals surface area contributed by atoms with E-state index in [0.717, 1.165) is 17.7 Å². The van der Waals surface area contributed by atoms with Gasteiger partial charge in [0.25, 0.3) is 0 Å². The van der Waals surface area contributed by atoms with Gasteiger partial charge in [-0.05, 0) is 18.1 Å². The van der Waals surface area contributed by atoms with Crippen LogP contribution in [0.15, 0.2) is 36.4 Å². The molecule has 1 fully saturated rings. The molecule has 0 aromatic heterocycles. The number of anilines is 2. The highest BCUT2D eigenvalue weighted by Gasteiger charge is 2.36. The molecule has 7 heteroatoms. The van der Waals surface area contributed by atoms with Crippen molar-refractivity contribution in [2.45, 2.75) is 19.8 Å². The topological polar surface area (TPSA) is 77.1 Å². The molecule has 0 radical (unpaired) electrons. The average molecular weight is 398 g/mol. The van der Waals surface area contributed by atoms with E-state index in [1.54, 1.807) is 17.0 Å². The van der Waals surface area contributed by atoms with E-state index in [-0.39, 0.29) is 24.8 Å². The lowest BCUT2D eigenvalue weighted by Crippen LogP contribution is -2.28. The van der Waals surface area contributed by atoms with Gasteiger partial charge in [-0.1, -0.05) is 25.1 Å². The lowest BCUT2D eigenvalue weighted by molar-refractivity contribution is -0.122. The Labute approximate surface area is 170 Å². The highest BCUT2D eigenvalue weighted by Crippen LogP contribution is 2.42. The van der Waals surface area contributed by atoms with Gasteiger partial charge in [0.1, 0.15) is 0 Å². The Bertz CT molecular complexity index is 887. The van der Waals surface area contributed by atoms with Crippen LogP contribution in [0.4, 0.5) is 11.4 Å². The van der Waals surface area contributed by atoms with E-state index in [0.29, 0.717) is 22.9 Å². The van der Waals surface area contributed by atoms with Crippen molar-refractivity contribution in [1.29, 1.82) is 0 Å². The summed E-state index contributed by atoms with van der Waals surface area (Å²) >= 11 is 0. The highest BCUT2D eigenvalue weighted by molar-refractivity contribution is 6.04. The van der Waals surface area contributed by atoms with E-state index < -0.39 is 5.92 Å². The Morgan fingerprint density at radius 3 is 2.34 bits per heavy atom. The Balaban J connectivity index is 1.80. The standard InChI is InChI=1S/C22H26N2O5/c1-5-14-8-6-7-9-17(14)23-22(26)15-10-20(25)24(13-15)16-11-18(27-2)21(29-4)19(12-16)28-3/h6-9,11-12,15H,5,10,13H2,1-4H3,(H,23,26)/t15-/m0/s1. The van der Waals surface area contributed by atoms with Gasteiger partial charge in [-0.15, -0.1) is 0 Å². The number of methoxy groups -OCH3 is 3. The van der Waals surface area contributed by atoms with Gasteiger partial charge in [0.15, 0.2) is 11.5 Å². The number of carbonyl (C=O) groups excluding carboxylic acids is 2. The molecule has 2 aromatic carbocycles. The van der Waals surface area contributed by atoms with Crippen LogP contribution in [0.25, 0.3) is 0 Å². The Hall–Kier alpha value is -3.22. The molecule has 0 saturated carbocycles. The van der Waals surface area contributed by atoms with Gasteiger partial charge in [0.2, 0.25) is 17.6 Å². The number of hydrogen-bond acceptors (Lipinski definition) is 5. The van der Waals surface area contributed by atoms with Crippen molar-refractivity contribution in [3.8, 4) is 17.2 Å². The summed E-state index contributed by atoms with van der Waals surface area (Å²) in [5.74, 6) is 0.651. The molecule has 154 valence electrons. The van der Waals surface area contributed by atoms with Gasteiger partial charge >= 0.3 is 0 Å². The summed E-state index contributed by atoms with van der Waals surface area (Å²) < 4.78 is 16.1. The predicted octanol–water partition coefficient (Wildman–Crippen LogP) is 3.27. The summed E-state index contributed by atoms with van der Waals surface area (Å²) in [5, 5.41) is 2.97. The number of benzene rings is 2. The summed E-state index contributed by atoms with van der Waals surface area (Å²) in [5.41, 5.74) is 2.46. The molecule has 7 nitrogen and oxygen atoms in total. The zero-order chi connectivity index (χ0) is 21.0. The number of rotatable bonds is 7. The second-order valence-corrected chi connectivity index (χ2v) is 6.79. The molecule has 2 aromatic rings. The van der Waals surface area contributed by atoms with Crippen LogP contribution in [-0.4, -0.2) is 39.7 Å². The maximum atomic E-state index is 12.8. The van der Waals surface area contributed by atoms with Crippen LogP contribution in [0.1, 0.15) is 18.9 Å². The van der Waals surface area contributed by atoms with Gasteiger partial charge in [0.05, 0.1) is 32.9 Å². The van der Waals surface area contributed by atoms with Crippen LogP contribution in [0, 0.1) is 5.92 Å². The minimum Gasteiger partial charge on any atom is -0.493 e. The SMILES string of the molecule is CCc1ccccc1NC(=O)[C@H]1CC(=O)N(c2cc(OC)c(OC)c(OC)c2)C1. The second-order valence-electron chi connectivity index (χ2n) is 6.79. The fourth-order valence-corrected chi connectivity index (χ4v) is 3.54. The number of nitrogens with one attached hydrogen (secondary N) is 1. The maximum Gasteiger partial charge on any atom is 0.229 e. The molecule has 1 N–H and O–H groups in total. The fraction of sp³-hybridized carbons (Fsp3) is 0.364. The Kier molecular flexibility index (Phi) is 6.26. The lowest BCUT2D eigenvalue weighted by Gasteiger charge is -2.20. The average Bonchev–Trinajstić information content (AvgIpc) is 3.14. The van der Waals surface area contributed by atoms with Crippen molar-refractivity contribution in [2.24, 2.45) is 5.92 Å². The van der Waals surface area contributed by atoms with Crippen molar-refractivity contribution in [3.05, 3.63) is 42.0 Å². The minimum absolute atomic E-state index is 0.122. The molecule has 0 spiro atoms. The van der Waals surface area contributed by atoms with Crippen LogP contribution in [0.2, 0.25) is 0 Å². The number of para-hydroxylation sites is 1. The van der Waals surface area contributed by atoms with Crippen LogP contribution in [0.3, 0.4) is 0 Å². The fourth-order valence-electron chi connectivity index (χ4n) is 3.54. The zero-order valence-electron chi connectivity index (χ0n) is 17.2. The van der Waals surface area contributed by atoms with E-state index in [4.69, 9.17) is 14.2 Å². The monoisotopic (exact) mass is 398 g/mol. The molecule has 0 aliphatic carbocycles. The van der Waals surface area contributed by atoms with Gasteiger partial charge in [-0.25, -0.2) is 0 Å². The second kappa shape index (κ2) is 8.86. The molecular formula is C22H26N2O5. The summed E-state index contributed by atoms with van der Waals surface area (Å²) in [7, 11) is 4.57. The summed E-state index contributed by atoms with van der Waals surface area (Å²) in [6, 6.07) is 11.1. The van der Waals surface area contributed by atoms with Crippen molar-refractivity contribution in [1.82, 2.24) is 0 Å². The van der Waals surface area contributed by atoms with Gasteiger partial charge in [0, 0.05) is 30.8 Å². The van der Waals surface area contributed by atoms with Gasteiger partial charge in [-0.2, -0.15) is 0 Å². The van der Waals surface area contributed by atoms with Crippen molar-refractivity contribution < 1.29 is 23.8 Å². The number of carbonyl (C=O) groups is 2. The van der Waals surface area contributed by atoms with Crippen LogP contribution >= 0.6 is 0 Å². The zero-order valence-corrected chi connectivity index (χ0v) is 17.2. The molecule has 0 unspecified atom stereocenters. The Morgan fingerprint density at radius 1 is 1.10 bits per heavy atom.